The molecule has 134 valence electrons. The van der Waals surface area contributed by atoms with Crippen molar-refractivity contribution < 1.29 is 14.3 Å². The van der Waals surface area contributed by atoms with Gasteiger partial charge in [-0.15, -0.1) is 0 Å². The van der Waals surface area contributed by atoms with E-state index in [-0.39, 0.29) is 5.97 Å². The summed E-state index contributed by atoms with van der Waals surface area (Å²) in [6, 6.07) is 0. The molecule has 1 saturated carbocycles. The molecule has 0 aromatic heterocycles. The lowest BCUT2D eigenvalue weighted by atomic mass is 9.98. The van der Waals surface area contributed by atoms with Crippen LogP contribution in [0, 0.1) is 0 Å². The van der Waals surface area contributed by atoms with E-state index in [0.717, 1.165) is 32.0 Å². The van der Waals surface area contributed by atoms with E-state index in [9.17, 15) is 4.79 Å². The monoisotopic (exact) mass is 327 g/mol. The van der Waals surface area contributed by atoms with Gasteiger partial charge in [-0.25, -0.2) is 0 Å². The zero-order valence-corrected chi connectivity index (χ0v) is 14.7. The summed E-state index contributed by atoms with van der Waals surface area (Å²) in [6.07, 6.45) is 9.05. The Hall–Kier alpha value is -1.30. The minimum absolute atomic E-state index is 0.142. The quantitative estimate of drug-likeness (QED) is 0.279. The molecule has 1 aliphatic carbocycles. The van der Waals surface area contributed by atoms with E-state index >= 15 is 0 Å². The number of carbonyl (C=O) groups is 1. The molecular weight excluding hydrogens is 294 g/mol. The molecule has 0 spiro atoms. The molecule has 0 aliphatic heterocycles. The number of hydrogen-bond acceptors (Lipinski definition) is 4. The fraction of sp³-hybridized carbons (Fsp3) is 0.882. The van der Waals surface area contributed by atoms with Gasteiger partial charge in [0.05, 0.1) is 12.7 Å². The second-order valence-electron chi connectivity index (χ2n) is 5.82. The van der Waals surface area contributed by atoms with Crippen LogP contribution >= 0.6 is 0 Å². The second-order valence-corrected chi connectivity index (χ2v) is 5.82. The third-order valence-electron chi connectivity index (χ3n) is 3.90. The van der Waals surface area contributed by atoms with Gasteiger partial charge in [0, 0.05) is 33.2 Å². The summed E-state index contributed by atoms with van der Waals surface area (Å²) in [5.41, 5.74) is 0. The van der Waals surface area contributed by atoms with Gasteiger partial charge in [0.2, 0.25) is 0 Å². The predicted molar refractivity (Wildman–Crippen MR) is 92.7 cm³/mol. The molecule has 0 saturated heterocycles. The van der Waals surface area contributed by atoms with E-state index in [1.54, 1.807) is 7.05 Å². The number of rotatable bonds is 10. The van der Waals surface area contributed by atoms with E-state index in [2.05, 4.69) is 15.6 Å². The highest BCUT2D eigenvalue weighted by Crippen LogP contribution is 2.20. The zero-order chi connectivity index (χ0) is 16.8. The molecule has 2 N–H and O–H groups in total. The Morgan fingerprint density at radius 3 is 2.48 bits per heavy atom. The van der Waals surface area contributed by atoms with Crippen LogP contribution in [0.4, 0.5) is 0 Å². The fourth-order valence-electron chi connectivity index (χ4n) is 2.65. The number of esters is 1. The van der Waals surface area contributed by atoms with Gasteiger partial charge in [0.15, 0.2) is 5.96 Å². The molecule has 0 heterocycles. The first-order chi connectivity index (χ1) is 11.3. The van der Waals surface area contributed by atoms with Crippen molar-refractivity contribution in [3.63, 3.8) is 0 Å². The minimum Gasteiger partial charge on any atom is -0.466 e. The summed E-state index contributed by atoms with van der Waals surface area (Å²) >= 11 is 0. The molecule has 0 aromatic rings. The smallest absolute Gasteiger partial charge is 0.305 e. The van der Waals surface area contributed by atoms with Crippen LogP contribution in [0.25, 0.3) is 0 Å². The van der Waals surface area contributed by atoms with Crippen LogP contribution in [-0.2, 0) is 14.3 Å². The van der Waals surface area contributed by atoms with Crippen LogP contribution in [0.15, 0.2) is 4.99 Å². The molecular formula is C17H33N3O3. The minimum atomic E-state index is -0.142. The lowest BCUT2D eigenvalue weighted by Gasteiger charge is -2.22. The molecule has 0 aromatic carbocycles. The number of hydrogen-bond donors (Lipinski definition) is 2. The molecule has 1 rings (SSSR count). The third kappa shape index (κ3) is 10.2. The maximum Gasteiger partial charge on any atom is 0.305 e. The Morgan fingerprint density at radius 2 is 1.83 bits per heavy atom. The first-order valence-electron chi connectivity index (χ1n) is 8.98. The Kier molecular flexibility index (Phi) is 11.3. The molecule has 0 amide bonds. The lowest BCUT2D eigenvalue weighted by molar-refractivity contribution is -0.143. The van der Waals surface area contributed by atoms with Crippen molar-refractivity contribution in [2.45, 2.75) is 64.4 Å². The Bertz CT molecular complexity index is 342. The zero-order valence-electron chi connectivity index (χ0n) is 14.7. The van der Waals surface area contributed by atoms with Gasteiger partial charge in [0.25, 0.3) is 0 Å². The SMILES string of the molecule is CCOC(=O)CCCNC(=NC)NCCCOC1CCCCC1. The van der Waals surface area contributed by atoms with Crippen molar-refractivity contribution >= 4 is 11.9 Å². The van der Waals surface area contributed by atoms with Crippen LogP contribution in [0.1, 0.15) is 58.3 Å². The maximum atomic E-state index is 11.2. The van der Waals surface area contributed by atoms with Crippen molar-refractivity contribution in [3.8, 4) is 0 Å². The number of ether oxygens (including phenoxy) is 2. The van der Waals surface area contributed by atoms with Gasteiger partial charge in [-0.3, -0.25) is 9.79 Å². The van der Waals surface area contributed by atoms with Crippen LogP contribution in [-0.4, -0.2) is 51.4 Å². The van der Waals surface area contributed by atoms with Gasteiger partial charge in [-0.05, 0) is 32.6 Å². The number of aliphatic imine (C=N–C) groups is 1. The topological polar surface area (TPSA) is 72.0 Å². The van der Waals surface area contributed by atoms with Crippen molar-refractivity contribution in [1.82, 2.24) is 10.6 Å². The van der Waals surface area contributed by atoms with Crippen molar-refractivity contribution in [3.05, 3.63) is 0 Å². The lowest BCUT2D eigenvalue weighted by Crippen LogP contribution is -2.38. The molecule has 0 atom stereocenters. The average Bonchev–Trinajstić information content (AvgIpc) is 2.57. The van der Waals surface area contributed by atoms with Crippen molar-refractivity contribution in [1.29, 1.82) is 0 Å². The average molecular weight is 327 g/mol. The maximum absolute atomic E-state index is 11.2. The van der Waals surface area contributed by atoms with Gasteiger partial charge < -0.3 is 20.1 Å². The summed E-state index contributed by atoms with van der Waals surface area (Å²) in [6.45, 7) is 4.61. The van der Waals surface area contributed by atoms with Gasteiger partial charge in [0.1, 0.15) is 0 Å². The summed E-state index contributed by atoms with van der Waals surface area (Å²) in [4.78, 5) is 15.4. The number of guanidine groups is 1. The molecule has 23 heavy (non-hydrogen) atoms. The Labute approximate surface area is 140 Å². The molecule has 0 bridgehead atoms. The number of nitrogens with one attached hydrogen (secondary N) is 2. The normalized spacial score (nSPS) is 16.2. The van der Waals surface area contributed by atoms with Gasteiger partial charge in [-0.2, -0.15) is 0 Å². The summed E-state index contributed by atoms with van der Waals surface area (Å²) < 4.78 is 10.8. The third-order valence-corrected chi connectivity index (χ3v) is 3.90. The number of carbonyl (C=O) groups excluding carboxylic acids is 1. The van der Waals surface area contributed by atoms with E-state index in [1.165, 1.54) is 32.1 Å². The summed E-state index contributed by atoms with van der Waals surface area (Å²) in [5, 5.41) is 6.46. The molecule has 6 heteroatoms. The van der Waals surface area contributed by atoms with E-state index < -0.39 is 0 Å². The fourth-order valence-corrected chi connectivity index (χ4v) is 2.65. The molecule has 0 unspecified atom stereocenters. The van der Waals surface area contributed by atoms with E-state index in [4.69, 9.17) is 9.47 Å². The molecule has 1 aliphatic rings. The molecule has 6 nitrogen and oxygen atoms in total. The largest absolute Gasteiger partial charge is 0.466 e. The number of nitrogens with zero attached hydrogens (tertiary/aromatic N) is 1. The summed E-state index contributed by atoms with van der Waals surface area (Å²) in [5.74, 6) is 0.628. The van der Waals surface area contributed by atoms with Gasteiger partial charge >= 0.3 is 5.97 Å². The second kappa shape index (κ2) is 13.2. The highest BCUT2D eigenvalue weighted by atomic mass is 16.5. The van der Waals surface area contributed by atoms with E-state index in [0.29, 0.717) is 25.7 Å². The van der Waals surface area contributed by atoms with E-state index in [1.807, 2.05) is 6.92 Å². The van der Waals surface area contributed by atoms with Crippen LogP contribution in [0.3, 0.4) is 0 Å². The van der Waals surface area contributed by atoms with Crippen molar-refractivity contribution in [2.24, 2.45) is 4.99 Å². The highest BCUT2D eigenvalue weighted by Gasteiger charge is 2.12. The standard InChI is InChI=1S/C17H33N3O3/c1-3-22-16(21)11-7-12-19-17(18-2)20-13-8-14-23-15-9-5-4-6-10-15/h15H,3-14H2,1-2H3,(H2,18,19,20). The predicted octanol–water partition coefficient (Wildman–Crippen LogP) is 2.23. The Morgan fingerprint density at radius 1 is 1.13 bits per heavy atom. The van der Waals surface area contributed by atoms with Crippen LogP contribution in [0.2, 0.25) is 0 Å². The Balaban J connectivity index is 1.97. The van der Waals surface area contributed by atoms with Crippen LogP contribution < -0.4 is 10.6 Å². The molecule has 0 radical (unpaired) electrons. The summed E-state index contributed by atoms with van der Waals surface area (Å²) in [7, 11) is 1.75. The van der Waals surface area contributed by atoms with Crippen LogP contribution in [0.5, 0.6) is 0 Å². The first kappa shape index (κ1) is 19.7. The molecule has 1 fully saturated rings. The van der Waals surface area contributed by atoms with Gasteiger partial charge in [-0.1, -0.05) is 19.3 Å². The first-order valence-corrected chi connectivity index (χ1v) is 8.98. The highest BCUT2D eigenvalue weighted by molar-refractivity contribution is 5.79. The van der Waals surface area contributed by atoms with Crippen molar-refractivity contribution in [2.75, 3.05) is 33.4 Å².